The molecule has 1 fully saturated rings. The Morgan fingerprint density at radius 1 is 1.21 bits per heavy atom. The number of thioether (sulfide) groups is 1. The van der Waals surface area contributed by atoms with Gasteiger partial charge in [-0.25, -0.2) is 18.4 Å². The summed E-state index contributed by atoms with van der Waals surface area (Å²) in [6, 6.07) is 1.89. The molecule has 1 unspecified atom stereocenters. The third kappa shape index (κ3) is 6.79. The Bertz CT molecular complexity index is 966. The van der Waals surface area contributed by atoms with Crippen molar-refractivity contribution in [2.24, 2.45) is 11.8 Å². The zero-order valence-electron chi connectivity index (χ0n) is 17.0. The lowest BCUT2D eigenvalue weighted by atomic mass is 9.81. The van der Waals surface area contributed by atoms with E-state index in [4.69, 9.17) is 0 Å². The minimum atomic E-state index is -4.29. The fourth-order valence-electron chi connectivity index (χ4n) is 3.60. The molecule has 2 aromatic rings. The molecule has 1 aliphatic rings. The van der Waals surface area contributed by atoms with Crippen LogP contribution in [0, 0.1) is 23.5 Å². The zero-order valence-corrected chi connectivity index (χ0v) is 18.7. The molecule has 1 aliphatic carbocycles. The number of rotatable bonds is 7. The number of nitrogens with one attached hydrogen (secondary N) is 1. The fraction of sp³-hybridized carbons (Fsp3) is 0.450. The van der Waals surface area contributed by atoms with E-state index in [2.05, 4.69) is 10.3 Å². The average Bonchev–Trinajstić information content (AvgIpc) is 3.26. The largest absolute Gasteiger partial charge is 0.479 e. The predicted octanol–water partition coefficient (Wildman–Crippen LogP) is 5.51. The number of aliphatic carboxylic acids is 1. The van der Waals surface area contributed by atoms with Gasteiger partial charge < -0.3 is 10.4 Å². The number of carboxylic acids is 1. The first-order valence-corrected chi connectivity index (χ1v) is 11.7. The zero-order chi connectivity index (χ0) is 24.2. The lowest BCUT2D eigenvalue weighted by Gasteiger charge is -2.34. The molecule has 1 aromatic carbocycles. The van der Waals surface area contributed by atoms with Crippen LogP contribution in [0.15, 0.2) is 34.1 Å². The van der Waals surface area contributed by atoms with Crippen LogP contribution in [0.3, 0.4) is 0 Å². The first-order valence-electron chi connectivity index (χ1n) is 9.92. The van der Waals surface area contributed by atoms with Crippen molar-refractivity contribution >= 4 is 40.8 Å². The van der Waals surface area contributed by atoms with Gasteiger partial charge in [0.2, 0.25) is 0 Å². The minimum absolute atomic E-state index is 0.0312. The number of urea groups is 1. The van der Waals surface area contributed by atoms with Gasteiger partial charge in [0.05, 0.1) is 21.8 Å². The number of carboxylic acid groups (broad SMARTS) is 1. The molecule has 0 radical (unpaired) electrons. The average molecular weight is 510 g/mol. The van der Waals surface area contributed by atoms with Gasteiger partial charge in [0.15, 0.2) is 17.0 Å². The fourth-order valence-corrected chi connectivity index (χ4v) is 5.20. The predicted molar refractivity (Wildman–Crippen MR) is 113 cm³/mol. The molecule has 1 saturated carbocycles. The molecule has 2 amide bonds. The summed E-state index contributed by atoms with van der Waals surface area (Å²) in [7, 11) is 0. The molecule has 1 atom stereocenters. The number of carbonyl (C=O) groups excluding carboxylic acids is 1. The smallest absolute Gasteiger partial charge is 0.391 e. The Labute approximate surface area is 194 Å². The second-order valence-electron chi connectivity index (χ2n) is 7.57. The van der Waals surface area contributed by atoms with E-state index in [-0.39, 0.29) is 43.8 Å². The Hall–Kier alpha value is -2.41. The molecule has 2 N–H and O–H groups in total. The number of hydrogen-bond acceptors (Lipinski definition) is 5. The Kier molecular flexibility index (Phi) is 8.16. The molecule has 3 rings (SSSR count). The van der Waals surface area contributed by atoms with Crippen molar-refractivity contribution in [3.63, 3.8) is 0 Å². The molecule has 0 aliphatic heterocycles. The van der Waals surface area contributed by atoms with E-state index in [0.29, 0.717) is 4.21 Å². The Balaban J connectivity index is 1.77. The Morgan fingerprint density at radius 3 is 2.45 bits per heavy atom. The van der Waals surface area contributed by atoms with Crippen LogP contribution in [0.2, 0.25) is 0 Å². The summed E-state index contributed by atoms with van der Waals surface area (Å²) in [6.07, 6.45) is -2.67. The van der Waals surface area contributed by atoms with Gasteiger partial charge in [-0.05, 0) is 43.7 Å². The summed E-state index contributed by atoms with van der Waals surface area (Å²) < 4.78 is 66.7. The van der Waals surface area contributed by atoms with E-state index < -0.39 is 41.1 Å². The number of hydrogen-bond donors (Lipinski definition) is 2. The summed E-state index contributed by atoms with van der Waals surface area (Å²) >= 11 is 2.01. The Morgan fingerprint density at radius 2 is 1.91 bits per heavy atom. The van der Waals surface area contributed by atoms with Gasteiger partial charge >= 0.3 is 18.2 Å². The van der Waals surface area contributed by atoms with Crippen LogP contribution in [0.5, 0.6) is 0 Å². The second kappa shape index (κ2) is 10.7. The van der Waals surface area contributed by atoms with Gasteiger partial charge in [-0.1, -0.05) is 11.8 Å². The van der Waals surface area contributed by atoms with E-state index >= 15 is 0 Å². The summed E-state index contributed by atoms with van der Waals surface area (Å²) in [5.74, 6) is -5.40. The van der Waals surface area contributed by atoms with Crippen molar-refractivity contribution in [1.82, 2.24) is 10.3 Å². The lowest BCUT2D eigenvalue weighted by Crippen LogP contribution is -2.48. The van der Waals surface area contributed by atoms with Crippen LogP contribution >= 0.6 is 23.1 Å². The summed E-state index contributed by atoms with van der Waals surface area (Å²) in [5, 5.41) is 10.4. The quantitative estimate of drug-likeness (QED) is 0.292. The molecule has 13 heteroatoms. The van der Waals surface area contributed by atoms with Gasteiger partial charge in [0.25, 0.3) is 0 Å². The van der Waals surface area contributed by atoms with Crippen molar-refractivity contribution in [3.05, 3.63) is 41.5 Å². The first kappa shape index (κ1) is 25.2. The van der Waals surface area contributed by atoms with Crippen molar-refractivity contribution in [1.29, 1.82) is 0 Å². The van der Waals surface area contributed by atoms with Crippen molar-refractivity contribution in [3.8, 4) is 0 Å². The molecule has 1 aromatic heterocycles. The van der Waals surface area contributed by atoms with Crippen LogP contribution in [-0.2, 0) is 4.79 Å². The number of alkyl halides is 3. The summed E-state index contributed by atoms with van der Waals surface area (Å²) in [5.41, 5.74) is 1.46. The molecule has 180 valence electrons. The van der Waals surface area contributed by atoms with Crippen LogP contribution in [0.4, 0.5) is 32.4 Å². The van der Waals surface area contributed by atoms with E-state index in [1.165, 1.54) is 23.0 Å². The highest BCUT2D eigenvalue weighted by Gasteiger charge is 2.42. The summed E-state index contributed by atoms with van der Waals surface area (Å²) in [6.45, 7) is -0.0704. The highest BCUT2D eigenvalue weighted by molar-refractivity contribution is 8.02. The number of amides is 2. The highest BCUT2D eigenvalue weighted by atomic mass is 32.2. The van der Waals surface area contributed by atoms with E-state index in [9.17, 15) is 36.6 Å². The SMILES string of the molecule is O=C(O)C(NC(=O)N(CC1CCC(C(F)(F)F)CC1)c1ccc(F)c(F)c1)Sc1cncs1. The third-order valence-electron chi connectivity index (χ3n) is 5.33. The van der Waals surface area contributed by atoms with Gasteiger partial charge in [0, 0.05) is 18.3 Å². The number of halogens is 5. The van der Waals surface area contributed by atoms with E-state index in [0.717, 1.165) is 34.9 Å². The van der Waals surface area contributed by atoms with Crippen LogP contribution in [0.1, 0.15) is 25.7 Å². The van der Waals surface area contributed by atoms with Crippen molar-refractivity contribution in [2.45, 2.75) is 41.4 Å². The third-order valence-corrected chi connectivity index (χ3v) is 7.37. The molecule has 0 saturated heterocycles. The van der Waals surface area contributed by atoms with Crippen molar-refractivity contribution in [2.75, 3.05) is 11.4 Å². The van der Waals surface area contributed by atoms with Crippen LogP contribution in [-0.4, -0.2) is 40.2 Å². The van der Waals surface area contributed by atoms with E-state index in [1.807, 2.05) is 0 Å². The maximum atomic E-state index is 13.8. The number of thiazole rings is 1. The maximum absolute atomic E-state index is 13.8. The number of nitrogens with zero attached hydrogens (tertiary/aromatic N) is 2. The number of anilines is 1. The number of benzene rings is 1. The molecule has 0 bridgehead atoms. The number of aromatic nitrogens is 1. The summed E-state index contributed by atoms with van der Waals surface area (Å²) in [4.78, 5) is 29.5. The normalized spacial score (nSPS) is 19.7. The molecule has 33 heavy (non-hydrogen) atoms. The first-order chi connectivity index (χ1) is 15.5. The van der Waals surface area contributed by atoms with Gasteiger partial charge in [0.1, 0.15) is 0 Å². The van der Waals surface area contributed by atoms with Gasteiger partial charge in [-0.3, -0.25) is 9.88 Å². The molecular weight excluding hydrogens is 489 g/mol. The van der Waals surface area contributed by atoms with Crippen molar-refractivity contribution < 1.29 is 36.6 Å². The van der Waals surface area contributed by atoms with Gasteiger partial charge in [-0.15, -0.1) is 11.3 Å². The molecule has 1 heterocycles. The standard InChI is InChI=1S/C20H20F5N3O3S2/c21-14-6-5-13(7-15(14)22)28(9-11-1-3-12(4-2-11)20(23,24)25)19(31)27-17(18(29)30)33-16-8-26-10-32-16/h5-8,10-12,17H,1-4,9H2,(H,27,31)(H,29,30). The van der Waals surface area contributed by atoms with Gasteiger partial charge in [-0.2, -0.15) is 13.2 Å². The lowest BCUT2D eigenvalue weighted by molar-refractivity contribution is -0.183. The van der Waals surface area contributed by atoms with Crippen LogP contribution in [0.25, 0.3) is 0 Å². The van der Waals surface area contributed by atoms with E-state index in [1.54, 1.807) is 0 Å². The topological polar surface area (TPSA) is 82.5 Å². The highest BCUT2D eigenvalue weighted by Crippen LogP contribution is 2.40. The number of carbonyl (C=O) groups is 2. The second-order valence-corrected chi connectivity index (χ2v) is 9.87. The minimum Gasteiger partial charge on any atom is -0.479 e. The molecule has 0 spiro atoms. The monoisotopic (exact) mass is 509 g/mol. The molecule has 6 nitrogen and oxygen atoms in total. The molecular formula is C20H20F5N3O3S2. The maximum Gasteiger partial charge on any atom is 0.391 e. The van der Waals surface area contributed by atoms with Crippen LogP contribution < -0.4 is 10.2 Å².